The molecule has 156 valence electrons. The normalized spacial score (nSPS) is 11.2. The lowest BCUT2D eigenvalue weighted by Crippen LogP contribution is -2.41. The van der Waals surface area contributed by atoms with Gasteiger partial charge in [-0.25, -0.2) is 8.42 Å². The van der Waals surface area contributed by atoms with Crippen molar-refractivity contribution in [2.24, 2.45) is 0 Å². The van der Waals surface area contributed by atoms with Gasteiger partial charge in [0.1, 0.15) is 6.54 Å². The molecule has 0 aliphatic rings. The maximum Gasteiger partial charge on any atom is 0.264 e. The van der Waals surface area contributed by atoms with Gasteiger partial charge in [-0.2, -0.15) is 0 Å². The minimum Gasteiger partial charge on any atom is -0.340 e. The number of sulfonamides is 1. The fourth-order valence-corrected chi connectivity index (χ4v) is 4.52. The van der Waals surface area contributed by atoms with Crippen LogP contribution in [-0.2, 0) is 21.4 Å². The zero-order chi connectivity index (χ0) is 21.7. The van der Waals surface area contributed by atoms with Crippen molar-refractivity contribution in [3.63, 3.8) is 0 Å². The summed E-state index contributed by atoms with van der Waals surface area (Å²) in [5, 5.41) is 1.08. The summed E-state index contributed by atoms with van der Waals surface area (Å²) in [4.78, 5) is 14.5. The van der Waals surface area contributed by atoms with E-state index in [1.165, 1.54) is 17.0 Å². The average Bonchev–Trinajstić information content (AvgIpc) is 2.74. The van der Waals surface area contributed by atoms with Gasteiger partial charge in [-0.05, 0) is 54.1 Å². The van der Waals surface area contributed by atoms with Crippen molar-refractivity contribution in [3.05, 3.63) is 94.5 Å². The van der Waals surface area contributed by atoms with Gasteiger partial charge in [0.2, 0.25) is 5.91 Å². The highest BCUT2D eigenvalue weighted by Gasteiger charge is 2.28. The predicted octanol–water partition coefficient (Wildman–Crippen LogP) is 4.85. The Morgan fingerprint density at radius 2 is 1.37 bits per heavy atom. The van der Waals surface area contributed by atoms with Crippen LogP contribution in [0.4, 0.5) is 5.69 Å². The van der Waals surface area contributed by atoms with E-state index in [1.54, 1.807) is 61.6 Å². The molecule has 0 radical (unpaired) electrons. The van der Waals surface area contributed by atoms with Gasteiger partial charge in [-0.15, -0.1) is 0 Å². The van der Waals surface area contributed by atoms with Crippen LogP contribution in [0.1, 0.15) is 5.56 Å². The molecule has 0 heterocycles. The Bertz CT molecular complexity index is 1100. The second-order valence-corrected chi connectivity index (χ2v) is 9.41. The fraction of sp³-hybridized carbons (Fsp3) is 0.136. The zero-order valence-electron chi connectivity index (χ0n) is 16.2. The summed E-state index contributed by atoms with van der Waals surface area (Å²) in [5.74, 6) is -0.348. The maximum atomic E-state index is 13.3. The van der Waals surface area contributed by atoms with Crippen molar-refractivity contribution in [1.29, 1.82) is 0 Å². The third-order valence-corrected chi connectivity index (χ3v) is 6.78. The first kappa shape index (κ1) is 22.2. The van der Waals surface area contributed by atoms with Gasteiger partial charge in [0, 0.05) is 23.6 Å². The number of anilines is 1. The molecule has 0 bridgehead atoms. The van der Waals surface area contributed by atoms with Gasteiger partial charge in [-0.1, -0.05) is 53.5 Å². The predicted molar refractivity (Wildman–Crippen MR) is 120 cm³/mol. The smallest absolute Gasteiger partial charge is 0.264 e. The van der Waals surface area contributed by atoms with Gasteiger partial charge in [-0.3, -0.25) is 9.10 Å². The van der Waals surface area contributed by atoms with E-state index in [1.807, 2.05) is 12.1 Å². The Labute approximate surface area is 186 Å². The van der Waals surface area contributed by atoms with E-state index >= 15 is 0 Å². The average molecular weight is 463 g/mol. The summed E-state index contributed by atoms with van der Waals surface area (Å²) in [6, 6.07) is 21.5. The van der Waals surface area contributed by atoms with Crippen LogP contribution in [0.15, 0.2) is 83.8 Å². The molecule has 0 fully saturated rings. The molecular weight excluding hydrogens is 443 g/mol. The van der Waals surface area contributed by atoms with Crippen LogP contribution < -0.4 is 4.31 Å². The standard InChI is InChI=1S/C22H20Cl2N2O3S/c1-25(15-17-7-9-18(23)10-8-17)22(27)16-26(20-13-11-19(24)12-14-20)30(28,29)21-5-3-2-4-6-21/h2-14H,15-16H2,1H3. The fourth-order valence-electron chi connectivity index (χ4n) is 2.84. The molecule has 30 heavy (non-hydrogen) atoms. The van der Waals surface area contributed by atoms with Gasteiger partial charge < -0.3 is 4.90 Å². The summed E-state index contributed by atoms with van der Waals surface area (Å²) < 4.78 is 27.7. The molecule has 0 saturated carbocycles. The van der Waals surface area contributed by atoms with Crippen LogP contribution >= 0.6 is 23.2 Å². The third kappa shape index (κ3) is 5.33. The van der Waals surface area contributed by atoms with Gasteiger partial charge in [0.05, 0.1) is 10.6 Å². The third-order valence-electron chi connectivity index (χ3n) is 4.48. The van der Waals surface area contributed by atoms with Crippen LogP contribution in [-0.4, -0.2) is 32.8 Å². The number of hydrogen-bond donors (Lipinski definition) is 0. The van der Waals surface area contributed by atoms with E-state index in [2.05, 4.69) is 0 Å². The van der Waals surface area contributed by atoms with E-state index in [4.69, 9.17) is 23.2 Å². The molecule has 0 atom stereocenters. The highest BCUT2D eigenvalue weighted by molar-refractivity contribution is 7.92. The molecular formula is C22H20Cl2N2O3S. The number of benzene rings is 3. The van der Waals surface area contributed by atoms with Crippen molar-refractivity contribution in [2.75, 3.05) is 17.9 Å². The number of carbonyl (C=O) groups is 1. The first-order valence-electron chi connectivity index (χ1n) is 9.09. The van der Waals surface area contributed by atoms with E-state index in [0.29, 0.717) is 22.3 Å². The maximum absolute atomic E-state index is 13.3. The van der Waals surface area contributed by atoms with Crippen molar-refractivity contribution in [2.45, 2.75) is 11.4 Å². The molecule has 8 heteroatoms. The van der Waals surface area contributed by atoms with E-state index in [9.17, 15) is 13.2 Å². The van der Waals surface area contributed by atoms with Crippen molar-refractivity contribution in [1.82, 2.24) is 4.90 Å². The first-order valence-corrected chi connectivity index (χ1v) is 11.3. The molecule has 0 saturated heterocycles. The Balaban J connectivity index is 1.87. The van der Waals surface area contributed by atoms with Crippen LogP contribution in [0.5, 0.6) is 0 Å². The second kappa shape index (κ2) is 9.51. The monoisotopic (exact) mass is 462 g/mol. The molecule has 0 unspecified atom stereocenters. The number of hydrogen-bond acceptors (Lipinski definition) is 3. The number of rotatable bonds is 7. The minimum absolute atomic E-state index is 0.105. The van der Waals surface area contributed by atoms with Crippen molar-refractivity contribution < 1.29 is 13.2 Å². The Hall–Kier alpha value is -2.54. The molecule has 0 N–H and O–H groups in total. The Kier molecular flexibility index (Phi) is 7.02. The number of likely N-dealkylation sites (N-methyl/N-ethyl adjacent to an activating group) is 1. The SMILES string of the molecule is CN(Cc1ccc(Cl)cc1)C(=O)CN(c1ccc(Cl)cc1)S(=O)(=O)c1ccccc1. The molecule has 5 nitrogen and oxygen atoms in total. The number of carbonyl (C=O) groups excluding carboxylic acids is 1. The van der Waals surface area contributed by atoms with Crippen LogP contribution in [0.2, 0.25) is 10.0 Å². The van der Waals surface area contributed by atoms with Gasteiger partial charge in [0.15, 0.2) is 0 Å². The molecule has 3 rings (SSSR count). The highest BCUT2D eigenvalue weighted by atomic mass is 35.5. The van der Waals surface area contributed by atoms with Crippen LogP contribution in [0, 0.1) is 0 Å². The second-order valence-electron chi connectivity index (χ2n) is 6.68. The summed E-state index contributed by atoms with van der Waals surface area (Å²) in [7, 11) is -2.32. The van der Waals surface area contributed by atoms with E-state index < -0.39 is 10.0 Å². The quantitative estimate of drug-likeness (QED) is 0.504. The lowest BCUT2D eigenvalue weighted by molar-refractivity contribution is -0.128. The highest BCUT2D eigenvalue weighted by Crippen LogP contribution is 2.25. The summed E-state index contributed by atoms with van der Waals surface area (Å²) in [6.07, 6.45) is 0. The molecule has 3 aromatic carbocycles. The van der Waals surface area contributed by atoms with Crippen LogP contribution in [0.3, 0.4) is 0 Å². The van der Waals surface area contributed by atoms with Crippen LogP contribution in [0.25, 0.3) is 0 Å². The molecule has 0 aliphatic heterocycles. The molecule has 0 aromatic heterocycles. The zero-order valence-corrected chi connectivity index (χ0v) is 18.5. The lowest BCUT2D eigenvalue weighted by atomic mass is 10.2. The summed E-state index contributed by atoms with van der Waals surface area (Å²) in [6.45, 7) is -0.0151. The lowest BCUT2D eigenvalue weighted by Gasteiger charge is -2.27. The van der Waals surface area contributed by atoms with Crippen molar-refractivity contribution >= 4 is 44.8 Å². The molecule has 0 spiro atoms. The molecule has 1 amide bonds. The van der Waals surface area contributed by atoms with E-state index in [-0.39, 0.29) is 17.3 Å². The first-order chi connectivity index (χ1) is 14.3. The number of nitrogens with zero attached hydrogens (tertiary/aromatic N) is 2. The minimum atomic E-state index is -3.95. The van der Waals surface area contributed by atoms with Crippen molar-refractivity contribution in [3.8, 4) is 0 Å². The molecule has 3 aromatic rings. The molecule has 0 aliphatic carbocycles. The number of amides is 1. The Morgan fingerprint density at radius 3 is 1.93 bits per heavy atom. The van der Waals surface area contributed by atoms with Gasteiger partial charge in [0.25, 0.3) is 10.0 Å². The Morgan fingerprint density at radius 1 is 0.833 bits per heavy atom. The summed E-state index contributed by atoms with van der Waals surface area (Å²) in [5.41, 5.74) is 1.25. The topological polar surface area (TPSA) is 57.7 Å². The largest absolute Gasteiger partial charge is 0.340 e. The van der Waals surface area contributed by atoms with Gasteiger partial charge >= 0.3 is 0 Å². The van der Waals surface area contributed by atoms with E-state index in [0.717, 1.165) is 9.87 Å². The number of halogens is 2. The summed E-state index contributed by atoms with van der Waals surface area (Å²) >= 11 is 11.9.